The number of carbonyl (C=O) groups is 1. The average molecular weight is 208 g/mol. The van der Waals surface area contributed by atoms with Gasteiger partial charge in [-0.1, -0.05) is 0 Å². The lowest BCUT2D eigenvalue weighted by molar-refractivity contribution is -0.130. The molecule has 4 heteroatoms. The van der Waals surface area contributed by atoms with E-state index in [1.807, 2.05) is 11.8 Å². The molecule has 3 atom stereocenters. The number of ether oxygens (including phenoxy) is 1. The van der Waals surface area contributed by atoms with Gasteiger partial charge in [0, 0.05) is 25.6 Å². The molecule has 2 heterocycles. The second-order valence-corrected chi connectivity index (χ2v) is 4.36. The molecule has 4 nitrogen and oxygen atoms in total. The number of hydrogen-bond acceptors (Lipinski definition) is 3. The molecule has 2 saturated heterocycles. The number of nitriles is 1. The minimum Gasteiger partial charge on any atom is -0.376 e. The highest BCUT2D eigenvalue weighted by Gasteiger charge is 2.38. The first-order valence-electron chi connectivity index (χ1n) is 5.53. The molecular weight excluding hydrogens is 192 g/mol. The van der Waals surface area contributed by atoms with Crippen LogP contribution in [0.2, 0.25) is 0 Å². The van der Waals surface area contributed by atoms with Crippen molar-refractivity contribution >= 4 is 5.91 Å². The van der Waals surface area contributed by atoms with Gasteiger partial charge >= 0.3 is 0 Å². The first-order valence-corrected chi connectivity index (χ1v) is 5.53. The van der Waals surface area contributed by atoms with E-state index >= 15 is 0 Å². The van der Waals surface area contributed by atoms with Crippen molar-refractivity contribution in [3.63, 3.8) is 0 Å². The minimum absolute atomic E-state index is 0.0479. The number of hydrogen-bond donors (Lipinski definition) is 0. The SMILES string of the molecule is CC1C(C#N)CC(=O)N1CC1CCCO1. The lowest BCUT2D eigenvalue weighted by Crippen LogP contribution is -2.38. The summed E-state index contributed by atoms with van der Waals surface area (Å²) in [6, 6.07) is 2.24. The Morgan fingerprint density at radius 3 is 3.00 bits per heavy atom. The summed E-state index contributed by atoms with van der Waals surface area (Å²) in [5.74, 6) is -0.0385. The fraction of sp³-hybridized carbons (Fsp3) is 0.818. The van der Waals surface area contributed by atoms with Crippen LogP contribution in [0, 0.1) is 17.2 Å². The lowest BCUT2D eigenvalue weighted by Gasteiger charge is -2.25. The van der Waals surface area contributed by atoms with Crippen LogP contribution in [-0.4, -0.2) is 36.1 Å². The first-order chi connectivity index (χ1) is 7.22. The molecule has 82 valence electrons. The molecular formula is C11H16N2O2. The lowest BCUT2D eigenvalue weighted by atomic mass is 10.0. The van der Waals surface area contributed by atoms with Crippen molar-refractivity contribution in [2.45, 2.75) is 38.3 Å². The molecule has 0 N–H and O–H groups in total. The molecule has 1 amide bonds. The van der Waals surface area contributed by atoms with Gasteiger partial charge in [0.1, 0.15) is 0 Å². The van der Waals surface area contributed by atoms with Crippen molar-refractivity contribution in [2.75, 3.05) is 13.2 Å². The van der Waals surface area contributed by atoms with Gasteiger partial charge in [-0.15, -0.1) is 0 Å². The van der Waals surface area contributed by atoms with E-state index in [-0.39, 0.29) is 24.0 Å². The predicted octanol–water partition coefficient (Wildman–Crippen LogP) is 0.926. The monoisotopic (exact) mass is 208 g/mol. The van der Waals surface area contributed by atoms with E-state index < -0.39 is 0 Å². The van der Waals surface area contributed by atoms with Crippen molar-refractivity contribution in [1.29, 1.82) is 5.26 Å². The van der Waals surface area contributed by atoms with Gasteiger partial charge in [0.25, 0.3) is 0 Å². The zero-order valence-electron chi connectivity index (χ0n) is 8.98. The molecule has 0 aromatic rings. The van der Waals surface area contributed by atoms with E-state index in [0.29, 0.717) is 13.0 Å². The summed E-state index contributed by atoms with van der Waals surface area (Å²) in [5, 5.41) is 8.87. The smallest absolute Gasteiger partial charge is 0.224 e. The van der Waals surface area contributed by atoms with Crippen LogP contribution in [0.3, 0.4) is 0 Å². The van der Waals surface area contributed by atoms with Crippen molar-refractivity contribution in [2.24, 2.45) is 5.92 Å². The Balaban J connectivity index is 1.96. The number of carbonyl (C=O) groups excluding carboxylic acids is 1. The molecule has 0 bridgehead atoms. The number of amides is 1. The Bertz CT molecular complexity index is 291. The van der Waals surface area contributed by atoms with Crippen LogP contribution in [0.4, 0.5) is 0 Å². The summed E-state index contributed by atoms with van der Waals surface area (Å²) in [4.78, 5) is 13.5. The topological polar surface area (TPSA) is 53.3 Å². The summed E-state index contributed by atoms with van der Waals surface area (Å²) in [6.45, 7) is 3.43. The molecule has 2 fully saturated rings. The minimum atomic E-state index is -0.140. The molecule has 0 aromatic heterocycles. The van der Waals surface area contributed by atoms with Crippen LogP contribution in [-0.2, 0) is 9.53 Å². The second kappa shape index (κ2) is 4.19. The van der Waals surface area contributed by atoms with Crippen LogP contribution in [0.1, 0.15) is 26.2 Å². The van der Waals surface area contributed by atoms with Crippen LogP contribution in [0.5, 0.6) is 0 Å². The Morgan fingerprint density at radius 1 is 1.67 bits per heavy atom. The standard InChI is InChI=1S/C11H16N2O2/c1-8-9(6-12)5-11(14)13(8)7-10-3-2-4-15-10/h8-10H,2-5,7H2,1H3. The van der Waals surface area contributed by atoms with E-state index in [2.05, 4.69) is 6.07 Å². The Kier molecular flexibility index (Phi) is 2.92. The quantitative estimate of drug-likeness (QED) is 0.678. The van der Waals surface area contributed by atoms with Gasteiger partial charge in [-0.25, -0.2) is 0 Å². The normalized spacial score (nSPS) is 35.9. The fourth-order valence-corrected chi connectivity index (χ4v) is 2.35. The van der Waals surface area contributed by atoms with Crippen molar-refractivity contribution in [3.05, 3.63) is 0 Å². The van der Waals surface area contributed by atoms with E-state index in [9.17, 15) is 4.79 Å². The van der Waals surface area contributed by atoms with Gasteiger partial charge < -0.3 is 9.64 Å². The fourth-order valence-electron chi connectivity index (χ4n) is 2.35. The van der Waals surface area contributed by atoms with E-state index in [4.69, 9.17) is 10.00 Å². The molecule has 15 heavy (non-hydrogen) atoms. The molecule has 2 aliphatic heterocycles. The highest BCUT2D eigenvalue weighted by atomic mass is 16.5. The summed E-state index contributed by atoms with van der Waals surface area (Å²) in [6.07, 6.45) is 2.69. The number of likely N-dealkylation sites (tertiary alicyclic amines) is 1. The van der Waals surface area contributed by atoms with E-state index in [1.54, 1.807) is 0 Å². The molecule has 0 saturated carbocycles. The Hall–Kier alpha value is -1.08. The molecule has 0 aliphatic carbocycles. The second-order valence-electron chi connectivity index (χ2n) is 4.36. The zero-order valence-corrected chi connectivity index (χ0v) is 8.98. The summed E-state index contributed by atoms with van der Waals surface area (Å²) in [7, 11) is 0. The Labute approximate surface area is 89.8 Å². The van der Waals surface area contributed by atoms with Gasteiger partial charge in [0.2, 0.25) is 5.91 Å². The molecule has 2 rings (SSSR count). The average Bonchev–Trinajstić information content (AvgIpc) is 2.81. The molecule has 0 spiro atoms. The first kappa shape index (κ1) is 10.4. The van der Waals surface area contributed by atoms with Crippen molar-refractivity contribution < 1.29 is 9.53 Å². The number of rotatable bonds is 2. The number of nitrogens with zero attached hydrogens (tertiary/aromatic N) is 2. The molecule has 0 aromatic carbocycles. The van der Waals surface area contributed by atoms with Crippen LogP contribution >= 0.6 is 0 Å². The van der Waals surface area contributed by atoms with Crippen molar-refractivity contribution in [1.82, 2.24) is 4.90 Å². The third kappa shape index (κ3) is 1.98. The van der Waals surface area contributed by atoms with Crippen LogP contribution in [0.15, 0.2) is 0 Å². The summed E-state index contributed by atoms with van der Waals surface area (Å²) >= 11 is 0. The van der Waals surface area contributed by atoms with E-state index in [0.717, 1.165) is 19.4 Å². The maximum Gasteiger partial charge on any atom is 0.224 e. The van der Waals surface area contributed by atoms with Crippen LogP contribution < -0.4 is 0 Å². The van der Waals surface area contributed by atoms with Gasteiger partial charge in [-0.3, -0.25) is 4.79 Å². The molecule has 3 unspecified atom stereocenters. The summed E-state index contributed by atoms with van der Waals surface area (Å²) in [5.41, 5.74) is 0. The van der Waals surface area contributed by atoms with Gasteiger partial charge in [-0.05, 0) is 19.8 Å². The van der Waals surface area contributed by atoms with Gasteiger partial charge in [0.15, 0.2) is 0 Å². The molecule has 0 radical (unpaired) electrons. The van der Waals surface area contributed by atoms with Gasteiger partial charge in [0.05, 0.1) is 18.1 Å². The van der Waals surface area contributed by atoms with Crippen LogP contribution in [0.25, 0.3) is 0 Å². The van der Waals surface area contributed by atoms with Crippen molar-refractivity contribution in [3.8, 4) is 6.07 Å². The zero-order chi connectivity index (χ0) is 10.8. The van der Waals surface area contributed by atoms with E-state index in [1.165, 1.54) is 0 Å². The highest BCUT2D eigenvalue weighted by Crippen LogP contribution is 2.26. The highest BCUT2D eigenvalue weighted by molar-refractivity contribution is 5.79. The third-order valence-corrected chi connectivity index (χ3v) is 3.38. The summed E-state index contributed by atoms with van der Waals surface area (Å²) < 4.78 is 5.50. The largest absolute Gasteiger partial charge is 0.376 e. The van der Waals surface area contributed by atoms with Gasteiger partial charge in [-0.2, -0.15) is 5.26 Å². The molecule has 2 aliphatic rings. The Morgan fingerprint density at radius 2 is 2.47 bits per heavy atom. The third-order valence-electron chi connectivity index (χ3n) is 3.38. The predicted molar refractivity (Wildman–Crippen MR) is 53.9 cm³/mol. The maximum absolute atomic E-state index is 11.7. The maximum atomic E-state index is 11.7.